The maximum absolute atomic E-state index is 12.3. The van der Waals surface area contributed by atoms with Crippen molar-refractivity contribution in [3.63, 3.8) is 0 Å². The number of amides is 1. The zero-order valence-electron chi connectivity index (χ0n) is 15.7. The second-order valence-corrected chi connectivity index (χ2v) is 6.28. The molecule has 0 saturated heterocycles. The molecular formula is C21H24N4O2. The van der Waals surface area contributed by atoms with Crippen molar-refractivity contribution in [2.45, 2.75) is 26.9 Å². The van der Waals surface area contributed by atoms with Crippen LogP contribution in [0.25, 0.3) is 11.5 Å². The summed E-state index contributed by atoms with van der Waals surface area (Å²) in [6.45, 7) is 7.87. The summed E-state index contributed by atoms with van der Waals surface area (Å²) in [5.41, 5.74) is 3.74. The lowest BCUT2D eigenvalue weighted by Gasteiger charge is -2.18. The van der Waals surface area contributed by atoms with E-state index in [0.29, 0.717) is 18.0 Å². The standard InChI is InChI=1S/C21H24N4O2/c1-3-25(4-2)14-17-7-5-16(6-8-17)13-22-20(26)18-9-11-19(12-10-18)21-24-23-15-27-21/h5-12,15H,3-4,13-14H2,1-2H3,(H,22,26). The highest BCUT2D eigenvalue weighted by atomic mass is 16.4. The normalized spacial score (nSPS) is 10.9. The van der Waals surface area contributed by atoms with Crippen LogP contribution in [-0.2, 0) is 13.1 Å². The van der Waals surface area contributed by atoms with Gasteiger partial charge in [0.2, 0.25) is 12.3 Å². The SMILES string of the molecule is CCN(CC)Cc1ccc(CNC(=O)c2ccc(-c3nnco3)cc2)cc1. The van der Waals surface area contributed by atoms with Crippen LogP contribution in [0.2, 0.25) is 0 Å². The zero-order valence-corrected chi connectivity index (χ0v) is 15.7. The second-order valence-electron chi connectivity index (χ2n) is 6.28. The van der Waals surface area contributed by atoms with Gasteiger partial charge in [-0.15, -0.1) is 10.2 Å². The Bertz CT molecular complexity index is 839. The molecule has 0 bridgehead atoms. The summed E-state index contributed by atoms with van der Waals surface area (Å²) < 4.78 is 5.15. The van der Waals surface area contributed by atoms with Crippen LogP contribution in [0.15, 0.2) is 59.3 Å². The first-order valence-corrected chi connectivity index (χ1v) is 9.14. The lowest BCUT2D eigenvalue weighted by molar-refractivity contribution is 0.0951. The van der Waals surface area contributed by atoms with Gasteiger partial charge < -0.3 is 9.73 Å². The molecule has 0 spiro atoms. The average Bonchev–Trinajstić information content (AvgIpc) is 3.26. The van der Waals surface area contributed by atoms with E-state index in [1.807, 2.05) is 0 Å². The van der Waals surface area contributed by atoms with Gasteiger partial charge >= 0.3 is 0 Å². The van der Waals surface area contributed by atoms with Crippen LogP contribution in [0.3, 0.4) is 0 Å². The molecule has 0 fully saturated rings. The lowest BCUT2D eigenvalue weighted by atomic mass is 10.1. The molecule has 0 aliphatic carbocycles. The van der Waals surface area contributed by atoms with Crippen molar-refractivity contribution in [1.82, 2.24) is 20.4 Å². The molecule has 0 aliphatic rings. The van der Waals surface area contributed by atoms with E-state index in [1.54, 1.807) is 24.3 Å². The van der Waals surface area contributed by atoms with E-state index in [0.717, 1.165) is 30.8 Å². The fraction of sp³-hybridized carbons (Fsp3) is 0.286. The van der Waals surface area contributed by atoms with E-state index in [-0.39, 0.29) is 5.91 Å². The van der Waals surface area contributed by atoms with Crippen LogP contribution in [0, 0.1) is 0 Å². The van der Waals surface area contributed by atoms with Gasteiger partial charge in [-0.2, -0.15) is 0 Å². The molecule has 6 nitrogen and oxygen atoms in total. The van der Waals surface area contributed by atoms with Crippen molar-refractivity contribution in [2.24, 2.45) is 0 Å². The summed E-state index contributed by atoms with van der Waals surface area (Å²) >= 11 is 0. The van der Waals surface area contributed by atoms with Gasteiger partial charge in [-0.3, -0.25) is 9.69 Å². The highest BCUT2D eigenvalue weighted by Crippen LogP contribution is 2.16. The van der Waals surface area contributed by atoms with Crippen molar-refractivity contribution in [3.8, 4) is 11.5 Å². The first-order chi connectivity index (χ1) is 13.2. The molecular weight excluding hydrogens is 340 g/mol. The quantitative estimate of drug-likeness (QED) is 0.662. The molecule has 1 amide bonds. The van der Waals surface area contributed by atoms with Crippen LogP contribution in [0.4, 0.5) is 0 Å². The molecule has 0 atom stereocenters. The number of hydrogen-bond acceptors (Lipinski definition) is 5. The highest BCUT2D eigenvalue weighted by molar-refractivity contribution is 5.94. The molecule has 2 aromatic carbocycles. The lowest BCUT2D eigenvalue weighted by Crippen LogP contribution is -2.23. The van der Waals surface area contributed by atoms with Gasteiger partial charge in [0.05, 0.1) is 0 Å². The minimum absolute atomic E-state index is 0.112. The highest BCUT2D eigenvalue weighted by Gasteiger charge is 2.08. The van der Waals surface area contributed by atoms with Gasteiger partial charge in [-0.25, -0.2) is 0 Å². The predicted octanol–water partition coefficient (Wildman–Crippen LogP) is 3.51. The number of rotatable bonds is 8. The molecule has 1 N–H and O–H groups in total. The topological polar surface area (TPSA) is 71.3 Å². The molecule has 140 valence electrons. The Morgan fingerprint density at radius 2 is 1.67 bits per heavy atom. The Morgan fingerprint density at radius 3 is 2.26 bits per heavy atom. The van der Waals surface area contributed by atoms with Crippen molar-refractivity contribution >= 4 is 5.91 Å². The largest absolute Gasteiger partial charge is 0.423 e. The van der Waals surface area contributed by atoms with Crippen LogP contribution in [0.5, 0.6) is 0 Å². The minimum atomic E-state index is -0.112. The molecule has 3 aromatic rings. The number of hydrogen-bond donors (Lipinski definition) is 1. The van der Waals surface area contributed by atoms with Crippen LogP contribution >= 0.6 is 0 Å². The van der Waals surface area contributed by atoms with Crippen molar-refractivity contribution < 1.29 is 9.21 Å². The van der Waals surface area contributed by atoms with Crippen molar-refractivity contribution in [3.05, 3.63) is 71.6 Å². The second kappa shape index (κ2) is 9.09. The predicted molar refractivity (Wildman–Crippen MR) is 104 cm³/mol. The summed E-state index contributed by atoms with van der Waals surface area (Å²) in [6.07, 6.45) is 1.28. The maximum atomic E-state index is 12.3. The fourth-order valence-electron chi connectivity index (χ4n) is 2.82. The summed E-state index contributed by atoms with van der Waals surface area (Å²) in [7, 11) is 0. The van der Waals surface area contributed by atoms with E-state index in [4.69, 9.17) is 4.42 Å². The van der Waals surface area contributed by atoms with Crippen LogP contribution in [0.1, 0.15) is 35.3 Å². The number of carbonyl (C=O) groups is 1. The number of nitrogens with one attached hydrogen (secondary N) is 1. The third-order valence-electron chi connectivity index (χ3n) is 4.53. The minimum Gasteiger partial charge on any atom is -0.423 e. The summed E-state index contributed by atoms with van der Waals surface area (Å²) in [5.74, 6) is 0.325. The molecule has 6 heteroatoms. The molecule has 0 radical (unpaired) electrons. The van der Waals surface area contributed by atoms with E-state index in [2.05, 4.69) is 58.5 Å². The first-order valence-electron chi connectivity index (χ1n) is 9.14. The fourth-order valence-corrected chi connectivity index (χ4v) is 2.82. The molecule has 1 heterocycles. The molecule has 1 aromatic heterocycles. The van der Waals surface area contributed by atoms with Crippen LogP contribution in [-0.4, -0.2) is 34.1 Å². The first kappa shape index (κ1) is 18.8. The van der Waals surface area contributed by atoms with Crippen LogP contribution < -0.4 is 5.32 Å². The van der Waals surface area contributed by atoms with Gasteiger partial charge in [0.15, 0.2) is 0 Å². The maximum Gasteiger partial charge on any atom is 0.251 e. The van der Waals surface area contributed by atoms with E-state index in [9.17, 15) is 4.79 Å². The molecule has 0 aliphatic heterocycles. The Kier molecular flexibility index (Phi) is 6.33. The van der Waals surface area contributed by atoms with E-state index in [1.165, 1.54) is 12.0 Å². The van der Waals surface area contributed by atoms with Gasteiger partial charge in [-0.1, -0.05) is 38.1 Å². The van der Waals surface area contributed by atoms with Gasteiger partial charge in [-0.05, 0) is 48.5 Å². The third-order valence-corrected chi connectivity index (χ3v) is 4.53. The summed E-state index contributed by atoms with van der Waals surface area (Å²) in [4.78, 5) is 14.7. The zero-order chi connectivity index (χ0) is 19.1. The number of carbonyl (C=O) groups excluding carboxylic acids is 1. The summed E-state index contributed by atoms with van der Waals surface area (Å²) in [5, 5.41) is 10.5. The molecule has 0 saturated carbocycles. The number of benzene rings is 2. The van der Waals surface area contributed by atoms with E-state index >= 15 is 0 Å². The summed E-state index contributed by atoms with van der Waals surface area (Å²) in [6, 6.07) is 15.5. The Hall–Kier alpha value is -2.99. The average molecular weight is 364 g/mol. The van der Waals surface area contributed by atoms with Gasteiger partial charge in [0, 0.05) is 24.2 Å². The van der Waals surface area contributed by atoms with Gasteiger partial charge in [0.1, 0.15) is 0 Å². The Morgan fingerprint density at radius 1 is 1.00 bits per heavy atom. The third kappa shape index (κ3) is 5.01. The van der Waals surface area contributed by atoms with Crippen molar-refractivity contribution in [2.75, 3.05) is 13.1 Å². The molecule has 0 unspecified atom stereocenters. The Labute approximate surface area is 159 Å². The van der Waals surface area contributed by atoms with Crippen molar-refractivity contribution in [1.29, 1.82) is 0 Å². The smallest absolute Gasteiger partial charge is 0.251 e. The monoisotopic (exact) mass is 364 g/mol. The van der Waals surface area contributed by atoms with Gasteiger partial charge in [0.25, 0.3) is 5.91 Å². The van der Waals surface area contributed by atoms with E-state index < -0.39 is 0 Å². The molecule has 3 rings (SSSR count). The molecule has 27 heavy (non-hydrogen) atoms. The number of aromatic nitrogens is 2. The number of nitrogens with zero attached hydrogens (tertiary/aromatic N) is 3. The Balaban J connectivity index is 1.54.